The van der Waals surface area contributed by atoms with Gasteiger partial charge in [-0.05, 0) is 59.6 Å². The lowest BCUT2D eigenvalue weighted by molar-refractivity contribution is 0.00393. The topological polar surface area (TPSA) is 124 Å². The van der Waals surface area contributed by atoms with Crippen LogP contribution in [-0.2, 0) is 11.3 Å². The first-order chi connectivity index (χ1) is 20.5. The number of hydrogen-bond acceptors (Lipinski definition) is 9. The summed E-state index contributed by atoms with van der Waals surface area (Å²) >= 11 is 0. The maximum absolute atomic E-state index is 9.58. The zero-order chi connectivity index (χ0) is 29.7. The molecule has 0 spiro atoms. The Morgan fingerprint density at radius 1 is 0.786 bits per heavy atom. The predicted octanol–water partition coefficient (Wildman–Crippen LogP) is 6.02. The Hall–Kier alpha value is -4.99. The first-order valence-electron chi connectivity index (χ1n) is 13.3. The molecule has 11 heteroatoms. The monoisotopic (exact) mass is 570 g/mol. The third-order valence-electron chi connectivity index (χ3n) is 6.32. The summed E-state index contributed by atoms with van der Waals surface area (Å²) in [4.78, 5) is 13.9. The molecule has 11 nitrogen and oxygen atoms in total. The average Bonchev–Trinajstić information content (AvgIpc) is 3.03. The number of anilines is 1. The summed E-state index contributed by atoms with van der Waals surface area (Å²) < 4.78 is 29.7. The lowest BCUT2D eigenvalue weighted by Gasteiger charge is -2.32. The van der Waals surface area contributed by atoms with Crippen molar-refractivity contribution < 1.29 is 23.7 Å². The molecule has 1 aromatic heterocycles. The highest BCUT2D eigenvalue weighted by molar-refractivity contribution is 5.34. The number of aromatic nitrogens is 2. The van der Waals surface area contributed by atoms with Gasteiger partial charge < -0.3 is 28.6 Å². The van der Waals surface area contributed by atoms with Gasteiger partial charge in [0, 0.05) is 37.0 Å². The zero-order valence-electron chi connectivity index (χ0n) is 24.0. The van der Waals surface area contributed by atoms with Gasteiger partial charge in [-0.1, -0.05) is 35.4 Å². The molecule has 0 aliphatic heterocycles. The number of rotatable bonds is 15. The van der Waals surface area contributed by atoms with Gasteiger partial charge in [-0.15, -0.1) is 0 Å². The minimum absolute atomic E-state index is 0.0683. The fraction of sp³-hybridized carbons (Fsp3) is 0.290. The zero-order valence-corrected chi connectivity index (χ0v) is 24.0. The van der Waals surface area contributed by atoms with Crippen molar-refractivity contribution in [2.24, 2.45) is 5.11 Å². The van der Waals surface area contributed by atoms with Crippen LogP contribution in [0.4, 0.5) is 5.95 Å². The summed E-state index contributed by atoms with van der Waals surface area (Å²) in [6.07, 6.45) is 1.71. The van der Waals surface area contributed by atoms with Crippen LogP contribution in [0.1, 0.15) is 17.2 Å². The molecule has 0 aliphatic rings. The van der Waals surface area contributed by atoms with Gasteiger partial charge in [0.05, 0.1) is 27.4 Å². The van der Waals surface area contributed by atoms with E-state index in [0.717, 1.165) is 5.56 Å². The number of benzene rings is 3. The second-order valence-electron chi connectivity index (χ2n) is 9.46. The lowest BCUT2D eigenvalue weighted by atomic mass is 10.0. The van der Waals surface area contributed by atoms with Crippen LogP contribution >= 0.6 is 0 Å². The Labute approximate surface area is 245 Å². The molecule has 0 fully saturated rings. The number of methoxy groups -OCH3 is 2. The van der Waals surface area contributed by atoms with Crippen LogP contribution in [0.5, 0.6) is 23.0 Å². The van der Waals surface area contributed by atoms with Crippen molar-refractivity contribution >= 4 is 5.95 Å². The van der Waals surface area contributed by atoms with E-state index >= 15 is 0 Å². The molecule has 218 valence electrons. The molecule has 0 amide bonds. The maximum Gasteiger partial charge on any atom is 0.224 e. The molecule has 4 aromatic rings. The molecule has 0 N–H and O–H groups in total. The number of nitrogens with zero attached hydrogens (tertiary/aromatic N) is 6. The van der Waals surface area contributed by atoms with E-state index in [0.29, 0.717) is 41.1 Å². The number of hydrogen-bond donors (Lipinski definition) is 0. The molecular formula is C31H34N6O5. The molecule has 0 saturated carbocycles. The second kappa shape index (κ2) is 15.1. The van der Waals surface area contributed by atoms with Crippen LogP contribution in [0.2, 0.25) is 0 Å². The molecule has 0 aliphatic carbocycles. The maximum atomic E-state index is 9.58. The Morgan fingerprint density at radius 2 is 1.33 bits per heavy atom. The highest BCUT2D eigenvalue weighted by Crippen LogP contribution is 2.32. The molecule has 42 heavy (non-hydrogen) atoms. The van der Waals surface area contributed by atoms with Crippen molar-refractivity contribution in [1.82, 2.24) is 9.97 Å². The second-order valence-corrected chi connectivity index (χ2v) is 9.46. The fourth-order valence-electron chi connectivity index (χ4n) is 4.12. The van der Waals surface area contributed by atoms with Crippen molar-refractivity contribution in [2.45, 2.75) is 24.9 Å². The third kappa shape index (κ3) is 8.26. The van der Waals surface area contributed by atoms with Crippen LogP contribution in [0, 0.1) is 0 Å². The summed E-state index contributed by atoms with van der Waals surface area (Å²) in [5, 5.41) is 4.10. The molecule has 4 rings (SSSR count). The number of azide groups is 1. The number of ether oxygens (including phenoxy) is 5. The van der Waals surface area contributed by atoms with Crippen LogP contribution in [0.15, 0.2) is 96.4 Å². The molecule has 3 aromatic carbocycles. The Bertz CT molecular complexity index is 1410. The van der Waals surface area contributed by atoms with Crippen molar-refractivity contribution in [2.75, 3.05) is 39.8 Å². The highest BCUT2D eigenvalue weighted by Gasteiger charge is 2.35. The van der Waals surface area contributed by atoms with Crippen molar-refractivity contribution in [1.29, 1.82) is 0 Å². The molecule has 0 saturated heterocycles. The minimum atomic E-state index is -0.846. The normalized spacial score (nSPS) is 12.8. The Morgan fingerprint density at radius 3 is 1.86 bits per heavy atom. The smallest absolute Gasteiger partial charge is 0.224 e. The Kier molecular flexibility index (Phi) is 10.8. The van der Waals surface area contributed by atoms with Crippen molar-refractivity contribution in [3.05, 3.63) is 113 Å². The lowest BCUT2D eigenvalue weighted by Crippen LogP contribution is -2.41. The van der Waals surface area contributed by atoms with Gasteiger partial charge in [0.2, 0.25) is 5.95 Å². The summed E-state index contributed by atoms with van der Waals surface area (Å²) in [5.74, 6) is 2.97. The minimum Gasteiger partial charge on any atom is -0.497 e. The largest absolute Gasteiger partial charge is 0.497 e. The molecule has 3 atom stereocenters. The van der Waals surface area contributed by atoms with E-state index in [1.807, 2.05) is 44.4 Å². The van der Waals surface area contributed by atoms with Gasteiger partial charge in [0.1, 0.15) is 29.0 Å². The van der Waals surface area contributed by atoms with Gasteiger partial charge >= 0.3 is 0 Å². The first-order valence-corrected chi connectivity index (χ1v) is 13.3. The van der Waals surface area contributed by atoms with E-state index in [-0.39, 0.29) is 6.61 Å². The van der Waals surface area contributed by atoms with Crippen molar-refractivity contribution in [3.8, 4) is 23.0 Å². The van der Waals surface area contributed by atoms with Gasteiger partial charge in [0.25, 0.3) is 0 Å². The quantitative estimate of drug-likeness (QED) is 0.0965. The first kappa shape index (κ1) is 30.0. The van der Waals surface area contributed by atoms with Gasteiger partial charge in [-0.25, -0.2) is 9.97 Å². The van der Waals surface area contributed by atoms with E-state index in [1.165, 1.54) is 0 Å². The summed E-state index contributed by atoms with van der Waals surface area (Å²) in [5.41, 5.74) is 11.2. The average molecular weight is 571 g/mol. The van der Waals surface area contributed by atoms with E-state index < -0.39 is 18.2 Å². The molecule has 1 unspecified atom stereocenters. The van der Waals surface area contributed by atoms with Crippen LogP contribution in [0.25, 0.3) is 10.4 Å². The standard InChI is InChI=1S/C31H34N6O5/c1-37(2)31-33-18-23(19-34-31)29(41-26-14-10-24(38-3)11-15-26)30(42-27-16-12-25(39-4)13-17-27)28(35-36-32)21-40-20-22-8-6-5-7-9-22/h5-19,28-30H,20-21H2,1-4H3/t28?,29-,30-/m1/s1. The van der Waals surface area contributed by atoms with Crippen LogP contribution < -0.4 is 23.8 Å². The molecule has 1 heterocycles. The van der Waals surface area contributed by atoms with Gasteiger partial charge in [-0.3, -0.25) is 0 Å². The SMILES string of the molecule is COc1ccc(O[C@H](c2cnc(N(C)C)nc2)[C@H](Oc2ccc(OC)cc2)C(COCc2ccccc2)N=[N+]=[N-])cc1. The summed E-state index contributed by atoms with van der Waals surface area (Å²) in [7, 11) is 6.91. The fourth-order valence-corrected chi connectivity index (χ4v) is 4.12. The third-order valence-corrected chi connectivity index (χ3v) is 6.32. The Balaban J connectivity index is 1.72. The summed E-state index contributed by atoms with van der Waals surface area (Å²) in [6, 6.07) is 23.3. The molecule has 0 radical (unpaired) electrons. The summed E-state index contributed by atoms with van der Waals surface area (Å²) in [6.45, 7) is 0.400. The molecule has 0 bridgehead atoms. The van der Waals surface area contributed by atoms with Crippen LogP contribution in [0.3, 0.4) is 0 Å². The van der Waals surface area contributed by atoms with E-state index in [4.69, 9.17) is 23.7 Å². The van der Waals surface area contributed by atoms with Crippen LogP contribution in [-0.4, -0.2) is 57.0 Å². The van der Waals surface area contributed by atoms with Crippen molar-refractivity contribution in [3.63, 3.8) is 0 Å². The van der Waals surface area contributed by atoms with E-state index in [1.54, 1.807) is 80.0 Å². The van der Waals surface area contributed by atoms with E-state index in [2.05, 4.69) is 20.0 Å². The predicted molar refractivity (Wildman–Crippen MR) is 159 cm³/mol. The highest BCUT2D eigenvalue weighted by atomic mass is 16.5. The van der Waals surface area contributed by atoms with E-state index in [9.17, 15) is 5.53 Å². The molecular weight excluding hydrogens is 536 g/mol. The van der Waals surface area contributed by atoms with Gasteiger partial charge in [0.15, 0.2) is 12.2 Å². The van der Waals surface area contributed by atoms with Gasteiger partial charge in [-0.2, -0.15) is 0 Å².